The van der Waals surface area contributed by atoms with Crippen molar-refractivity contribution < 1.29 is 4.79 Å². The molecule has 0 saturated carbocycles. The molecule has 0 atom stereocenters. The second kappa shape index (κ2) is 4.15. The van der Waals surface area contributed by atoms with Gasteiger partial charge in [0.25, 0.3) is 5.91 Å². The smallest absolute Gasteiger partial charge is 0.262 e. The molecule has 1 heterocycles. The number of nitrogens with zero attached hydrogens (tertiary/aromatic N) is 1. The molecule has 1 aromatic heterocycles. The number of aryl methyl sites for hydroxylation is 1. The van der Waals surface area contributed by atoms with E-state index in [1.807, 2.05) is 54.7 Å². The topological polar surface area (TPSA) is 22.0 Å². The lowest BCUT2D eigenvalue weighted by atomic mass is 10.2. The fourth-order valence-electron chi connectivity index (χ4n) is 2.16. The highest BCUT2D eigenvalue weighted by molar-refractivity contribution is 6.02. The predicted octanol–water partition coefficient (Wildman–Crippen LogP) is 3.64. The van der Waals surface area contributed by atoms with Crippen LogP contribution in [0.2, 0.25) is 0 Å². The van der Waals surface area contributed by atoms with Gasteiger partial charge in [-0.25, -0.2) is 0 Å². The van der Waals surface area contributed by atoms with Gasteiger partial charge in [0.15, 0.2) is 0 Å². The van der Waals surface area contributed by atoms with Gasteiger partial charge in [0.2, 0.25) is 0 Å². The average Bonchev–Trinajstić information content (AvgIpc) is 2.81. The summed E-state index contributed by atoms with van der Waals surface area (Å²) < 4.78 is 1.70. The zero-order valence-electron chi connectivity index (χ0n) is 10.1. The normalized spacial score (nSPS) is 10.7. The van der Waals surface area contributed by atoms with Crippen LogP contribution in [0, 0.1) is 6.92 Å². The molecule has 88 valence electrons. The number of hydrogen-bond donors (Lipinski definition) is 0. The van der Waals surface area contributed by atoms with E-state index in [2.05, 4.69) is 13.0 Å². The number of aromatic nitrogens is 1. The van der Waals surface area contributed by atoms with E-state index >= 15 is 0 Å². The maximum atomic E-state index is 12.4. The predicted molar refractivity (Wildman–Crippen MR) is 72.8 cm³/mol. The van der Waals surface area contributed by atoms with E-state index in [1.54, 1.807) is 4.57 Å². The first-order chi connectivity index (χ1) is 8.75. The summed E-state index contributed by atoms with van der Waals surface area (Å²) in [6.07, 6.45) is 1.83. The molecule has 0 N–H and O–H groups in total. The summed E-state index contributed by atoms with van der Waals surface area (Å²) in [6, 6.07) is 17.4. The summed E-state index contributed by atoms with van der Waals surface area (Å²) in [5.41, 5.74) is 2.86. The third-order valence-electron chi connectivity index (χ3n) is 3.09. The Labute approximate surface area is 105 Å². The highest BCUT2D eigenvalue weighted by Crippen LogP contribution is 2.18. The molecule has 0 aliphatic heterocycles. The average molecular weight is 235 g/mol. The molecule has 0 spiro atoms. The fraction of sp³-hybridized carbons (Fsp3) is 0.0625. The minimum Gasteiger partial charge on any atom is -0.283 e. The Hall–Kier alpha value is -2.35. The monoisotopic (exact) mass is 235 g/mol. The number of benzene rings is 2. The largest absolute Gasteiger partial charge is 0.283 e. The fourth-order valence-corrected chi connectivity index (χ4v) is 2.16. The first kappa shape index (κ1) is 10.8. The van der Waals surface area contributed by atoms with Gasteiger partial charge < -0.3 is 0 Å². The molecule has 3 rings (SSSR count). The molecule has 18 heavy (non-hydrogen) atoms. The van der Waals surface area contributed by atoms with Crippen LogP contribution in [0.5, 0.6) is 0 Å². The molecular formula is C16H13NO. The Morgan fingerprint density at radius 3 is 2.56 bits per heavy atom. The molecule has 0 aliphatic carbocycles. The molecule has 2 heteroatoms. The molecule has 0 aliphatic rings. The van der Waals surface area contributed by atoms with Gasteiger partial charge in [0.1, 0.15) is 0 Å². The molecule has 0 amide bonds. The van der Waals surface area contributed by atoms with E-state index < -0.39 is 0 Å². The summed E-state index contributed by atoms with van der Waals surface area (Å²) in [5, 5.41) is 1.10. The summed E-state index contributed by atoms with van der Waals surface area (Å²) >= 11 is 0. The zero-order valence-corrected chi connectivity index (χ0v) is 10.1. The SMILES string of the molecule is Cc1ccc2c(ccn2C(=O)c2ccccc2)c1. The summed E-state index contributed by atoms with van der Waals surface area (Å²) in [7, 11) is 0. The summed E-state index contributed by atoms with van der Waals surface area (Å²) in [6.45, 7) is 2.05. The van der Waals surface area contributed by atoms with Gasteiger partial charge in [0.05, 0.1) is 5.52 Å². The van der Waals surface area contributed by atoms with Crippen molar-refractivity contribution in [3.05, 3.63) is 71.9 Å². The lowest BCUT2D eigenvalue weighted by Gasteiger charge is -2.04. The lowest BCUT2D eigenvalue weighted by molar-refractivity contribution is 0.0965. The van der Waals surface area contributed by atoms with E-state index in [4.69, 9.17) is 0 Å². The molecule has 2 aromatic carbocycles. The van der Waals surface area contributed by atoms with Crippen LogP contribution in [0.1, 0.15) is 15.9 Å². The van der Waals surface area contributed by atoms with Crippen LogP contribution >= 0.6 is 0 Å². The van der Waals surface area contributed by atoms with Crippen LogP contribution in [0.25, 0.3) is 10.9 Å². The van der Waals surface area contributed by atoms with E-state index in [9.17, 15) is 4.79 Å². The van der Waals surface area contributed by atoms with E-state index in [1.165, 1.54) is 5.56 Å². The van der Waals surface area contributed by atoms with Crippen LogP contribution in [0.15, 0.2) is 60.8 Å². The van der Waals surface area contributed by atoms with Gasteiger partial charge >= 0.3 is 0 Å². The van der Waals surface area contributed by atoms with Crippen molar-refractivity contribution in [3.8, 4) is 0 Å². The van der Waals surface area contributed by atoms with Gasteiger partial charge in [0, 0.05) is 17.1 Å². The third-order valence-corrected chi connectivity index (χ3v) is 3.09. The number of rotatable bonds is 1. The van der Waals surface area contributed by atoms with Crippen molar-refractivity contribution in [3.63, 3.8) is 0 Å². The lowest BCUT2D eigenvalue weighted by Crippen LogP contribution is -2.10. The second-order valence-corrected chi connectivity index (χ2v) is 4.42. The van der Waals surface area contributed by atoms with Gasteiger partial charge in [-0.1, -0.05) is 29.8 Å². The third kappa shape index (κ3) is 1.72. The van der Waals surface area contributed by atoms with Gasteiger partial charge in [-0.15, -0.1) is 0 Å². The molecule has 0 bridgehead atoms. The van der Waals surface area contributed by atoms with Crippen LogP contribution in [-0.2, 0) is 0 Å². The summed E-state index contributed by atoms with van der Waals surface area (Å²) in [4.78, 5) is 12.4. The highest BCUT2D eigenvalue weighted by Gasteiger charge is 2.10. The maximum Gasteiger partial charge on any atom is 0.262 e. The first-order valence-electron chi connectivity index (χ1n) is 5.93. The van der Waals surface area contributed by atoms with Crippen LogP contribution in [-0.4, -0.2) is 10.5 Å². The molecule has 3 aromatic rings. The first-order valence-corrected chi connectivity index (χ1v) is 5.93. The molecule has 2 nitrogen and oxygen atoms in total. The molecule has 0 fully saturated rings. The Morgan fingerprint density at radius 1 is 1.00 bits per heavy atom. The molecule has 0 unspecified atom stereocenters. The maximum absolute atomic E-state index is 12.4. The van der Waals surface area contributed by atoms with E-state index in [-0.39, 0.29) is 5.91 Å². The number of hydrogen-bond acceptors (Lipinski definition) is 1. The molecular weight excluding hydrogens is 222 g/mol. The Morgan fingerprint density at radius 2 is 1.78 bits per heavy atom. The zero-order chi connectivity index (χ0) is 12.5. The van der Waals surface area contributed by atoms with E-state index in [0.717, 1.165) is 10.9 Å². The van der Waals surface area contributed by atoms with Crippen molar-refractivity contribution in [1.29, 1.82) is 0 Å². The summed E-state index contributed by atoms with van der Waals surface area (Å²) in [5.74, 6) is 0.00875. The Bertz CT molecular complexity index is 710. The van der Waals surface area contributed by atoms with Crippen molar-refractivity contribution in [2.45, 2.75) is 6.92 Å². The highest BCUT2D eigenvalue weighted by atomic mass is 16.2. The van der Waals surface area contributed by atoms with Gasteiger partial charge in [-0.3, -0.25) is 9.36 Å². The number of fused-ring (bicyclic) bond motifs is 1. The van der Waals surface area contributed by atoms with Crippen LogP contribution in [0.4, 0.5) is 0 Å². The Balaban J connectivity index is 2.13. The van der Waals surface area contributed by atoms with Crippen molar-refractivity contribution >= 4 is 16.8 Å². The standard InChI is InChI=1S/C16H13NO/c1-12-7-8-15-14(11-12)9-10-17(15)16(18)13-5-3-2-4-6-13/h2-11H,1H3. The Kier molecular flexibility index (Phi) is 2.49. The van der Waals surface area contributed by atoms with Gasteiger partial charge in [-0.2, -0.15) is 0 Å². The number of carbonyl (C=O) groups excluding carboxylic acids is 1. The van der Waals surface area contributed by atoms with Crippen LogP contribution < -0.4 is 0 Å². The quantitative estimate of drug-likeness (QED) is 0.631. The van der Waals surface area contributed by atoms with Crippen molar-refractivity contribution in [1.82, 2.24) is 4.57 Å². The minimum atomic E-state index is 0.00875. The van der Waals surface area contributed by atoms with Gasteiger partial charge in [-0.05, 0) is 37.3 Å². The number of carbonyl (C=O) groups is 1. The second-order valence-electron chi connectivity index (χ2n) is 4.42. The van der Waals surface area contributed by atoms with Crippen LogP contribution in [0.3, 0.4) is 0 Å². The van der Waals surface area contributed by atoms with Crippen molar-refractivity contribution in [2.24, 2.45) is 0 Å². The molecule has 0 saturated heterocycles. The molecule has 0 radical (unpaired) electrons. The van der Waals surface area contributed by atoms with Crippen molar-refractivity contribution in [2.75, 3.05) is 0 Å². The van der Waals surface area contributed by atoms with E-state index in [0.29, 0.717) is 5.56 Å². The minimum absolute atomic E-state index is 0.00875.